The number of hydrogen-bond acceptors (Lipinski definition) is 4. The summed E-state index contributed by atoms with van der Waals surface area (Å²) in [7, 11) is 0. The molecule has 196 valence electrons. The molecule has 0 saturated carbocycles. The van der Waals surface area contributed by atoms with Crippen LogP contribution in [0.1, 0.15) is 0 Å². The maximum Gasteiger partial charge on any atom is 2.00 e. The third kappa shape index (κ3) is 4.39. The summed E-state index contributed by atoms with van der Waals surface area (Å²) in [5.74, 6) is 0. The average molecular weight is 724 g/mol. The van der Waals surface area contributed by atoms with Crippen molar-refractivity contribution < 1.29 is 21.1 Å². The van der Waals surface area contributed by atoms with Gasteiger partial charge in [-0.25, -0.2) is 0 Å². The summed E-state index contributed by atoms with van der Waals surface area (Å²) in [5.41, 5.74) is 8.95. The molecule has 4 aromatic heterocycles. The Morgan fingerprint density at radius 1 is 0.732 bits per heavy atom. The second-order valence-electron chi connectivity index (χ2n) is 9.57. The van der Waals surface area contributed by atoms with Crippen molar-refractivity contribution in [2.45, 2.75) is 0 Å². The first-order valence-electron chi connectivity index (χ1n) is 13.0. The maximum atomic E-state index is 4.98. The zero-order valence-corrected chi connectivity index (χ0v) is 24.6. The van der Waals surface area contributed by atoms with Gasteiger partial charge in [0.25, 0.3) is 0 Å². The predicted octanol–water partition coefficient (Wildman–Crippen LogP) is 8.78. The number of benzene rings is 4. The molecule has 0 aliphatic heterocycles. The second-order valence-corrected chi connectivity index (χ2v) is 10.6. The quantitative estimate of drug-likeness (QED) is 0.171. The van der Waals surface area contributed by atoms with Crippen LogP contribution in [0.4, 0.5) is 0 Å². The van der Waals surface area contributed by atoms with Gasteiger partial charge in [0.15, 0.2) is 0 Å². The Labute approximate surface area is 255 Å². The Bertz CT molecular complexity index is 2140. The first-order valence-corrected chi connectivity index (χ1v) is 13.8. The third-order valence-corrected chi connectivity index (χ3v) is 8.21. The summed E-state index contributed by atoms with van der Waals surface area (Å²) in [5, 5.41) is 3.22. The molecule has 0 bridgehead atoms. The van der Waals surface area contributed by atoms with E-state index in [1.807, 2.05) is 48.9 Å². The molecule has 4 aromatic carbocycles. The SMILES string of the molecule is [Pt+2].[c-]1c(-c2ccccn2)cccc1-n1c2[c-]c(-c3nc4ccccc4s3)cc(-c3cccnc3)c2c2ccccc21. The molecule has 0 amide bonds. The van der Waals surface area contributed by atoms with Crippen molar-refractivity contribution in [3.05, 3.63) is 134 Å². The van der Waals surface area contributed by atoms with Crippen molar-refractivity contribution in [3.8, 4) is 38.6 Å². The van der Waals surface area contributed by atoms with Crippen molar-refractivity contribution in [1.82, 2.24) is 19.5 Å². The fourth-order valence-corrected chi connectivity index (χ4v) is 6.31. The Morgan fingerprint density at radius 2 is 1.61 bits per heavy atom. The van der Waals surface area contributed by atoms with E-state index >= 15 is 0 Å². The molecule has 8 aromatic rings. The van der Waals surface area contributed by atoms with Crippen molar-refractivity contribution in [2.75, 3.05) is 0 Å². The van der Waals surface area contributed by atoms with E-state index in [2.05, 4.69) is 99.5 Å². The summed E-state index contributed by atoms with van der Waals surface area (Å²) in [6, 6.07) is 42.7. The largest absolute Gasteiger partial charge is 2.00 e. The van der Waals surface area contributed by atoms with Crippen LogP contribution < -0.4 is 0 Å². The number of pyridine rings is 2. The van der Waals surface area contributed by atoms with E-state index < -0.39 is 0 Å². The van der Waals surface area contributed by atoms with Crippen LogP contribution in [0.2, 0.25) is 0 Å². The molecule has 4 nitrogen and oxygen atoms in total. The predicted molar refractivity (Wildman–Crippen MR) is 164 cm³/mol. The van der Waals surface area contributed by atoms with Gasteiger partial charge in [0.1, 0.15) is 0 Å². The number of nitrogens with zero attached hydrogens (tertiary/aromatic N) is 4. The fraction of sp³-hybridized carbons (Fsp3) is 0. The molecule has 0 fully saturated rings. The molecule has 0 atom stereocenters. The van der Waals surface area contributed by atoms with Gasteiger partial charge in [-0.15, -0.1) is 47.5 Å². The Balaban J connectivity index is 0.00000276. The second kappa shape index (κ2) is 10.5. The smallest absolute Gasteiger partial charge is 0.346 e. The van der Waals surface area contributed by atoms with Gasteiger partial charge in [0.05, 0.1) is 5.52 Å². The minimum atomic E-state index is 0. The van der Waals surface area contributed by atoms with Crippen LogP contribution in [0.15, 0.2) is 122 Å². The van der Waals surface area contributed by atoms with Crippen LogP contribution in [0.25, 0.3) is 70.7 Å². The zero-order valence-electron chi connectivity index (χ0n) is 21.6. The molecule has 6 heteroatoms. The van der Waals surface area contributed by atoms with E-state index in [-0.39, 0.29) is 21.1 Å². The summed E-state index contributed by atoms with van der Waals surface area (Å²) in [6.07, 6.45) is 5.55. The number of aromatic nitrogens is 4. The van der Waals surface area contributed by atoms with Crippen molar-refractivity contribution in [3.63, 3.8) is 0 Å². The van der Waals surface area contributed by atoms with Gasteiger partial charge in [0, 0.05) is 33.8 Å². The number of thiazole rings is 1. The van der Waals surface area contributed by atoms with Crippen LogP contribution in [0.3, 0.4) is 0 Å². The molecule has 4 heterocycles. The van der Waals surface area contributed by atoms with Crippen molar-refractivity contribution in [2.24, 2.45) is 0 Å². The van der Waals surface area contributed by atoms with Gasteiger partial charge >= 0.3 is 21.1 Å². The standard InChI is InChI=1S/C35H20N4S.Pt/c1-3-15-31-27(12-1)34-28(24-10-8-17-36-22-24)20-25(35-38-30-14-2-4-16-33(30)40-35)21-32(34)39(31)26-11-7-9-23(19-26)29-13-5-6-18-37-29;/h1-18,20,22H;/q-2;+2. The van der Waals surface area contributed by atoms with Gasteiger partial charge in [-0.2, -0.15) is 11.3 Å². The summed E-state index contributed by atoms with van der Waals surface area (Å²) in [4.78, 5) is 14.0. The third-order valence-electron chi connectivity index (χ3n) is 7.14. The van der Waals surface area contributed by atoms with Gasteiger partial charge in [-0.05, 0) is 58.2 Å². The number of hydrogen-bond donors (Lipinski definition) is 0. The average Bonchev–Trinajstić information content (AvgIpc) is 3.61. The monoisotopic (exact) mass is 723 g/mol. The Hall–Kier alpha value is -4.44. The molecular formula is C35H20N4PtS. The molecule has 0 radical (unpaired) electrons. The number of fused-ring (bicyclic) bond motifs is 4. The molecule has 0 unspecified atom stereocenters. The minimum Gasteiger partial charge on any atom is -0.346 e. The van der Waals surface area contributed by atoms with E-state index in [9.17, 15) is 0 Å². The fourth-order valence-electron chi connectivity index (χ4n) is 5.37. The van der Waals surface area contributed by atoms with E-state index in [0.717, 1.165) is 70.7 Å². The van der Waals surface area contributed by atoms with E-state index in [1.54, 1.807) is 11.3 Å². The number of rotatable bonds is 4. The molecule has 0 N–H and O–H groups in total. The van der Waals surface area contributed by atoms with Gasteiger partial charge in [-0.1, -0.05) is 59.5 Å². The first kappa shape index (κ1) is 25.5. The van der Waals surface area contributed by atoms with Crippen LogP contribution in [0.5, 0.6) is 0 Å². The normalized spacial score (nSPS) is 11.2. The van der Waals surface area contributed by atoms with Gasteiger partial charge in [0.2, 0.25) is 0 Å². The summed E-state index contributed by atoms with van der Waals surface area (Å²) < 4.78 is 3.42. The molecule has 0 spiro atoms. The van der Waals surface area contributed by atoms with Gasteiger partial charge < -0.3 is 9.55 Å². The van der Waals surface area contributed by atoms with Crippen LogP contribution in [0, 0.1) is 12.1 Å². The Morgan fingerprint density at radius 3 is 2.46 bits per heavy atom. The molecule has 0 aliphatic rings. The van der Waals surface area contributed by atoms with Gasteiger partial charge in [-0.3, -0.25) is 9.97 Å². The van der Waals surface area contributed by atoms with Crippen molar-refractivity contribution >= 4 is 43.4 Å². The minimum absolute atomic E-state index is 0. The molecular weight excluding hydrogens is 704 g/mol. The molecule has 0 aliphatic carbocycles. The molecule has 0 saturated heterocycles. The van der Waals surface area contributed by atoms with Crippen LogP contribution in [-0.2, 0) is 21.1 Å². The molecule has 8 rings (SSSR count). The topological polar surface area (TPSA) is 43.6 Å². The van der Waals surface area contributed by atoms with Crippen LogP contribution >= 0.6 is 11.3 Å². The van der Waals surface area contributed by atoms with Crippen LogP contribution in [-0.4, -0.2) is 19.5 Å². The van der Waals surface area contributed by atoms with E-state index in [4.69, 9.17) is 4.98 Å². The maximum absolute atomic E-state index is 4.98. The molecule has 41 heavy (non-hydrogen) atoms. The Kier molecular flexibility index (Phi) is 6.54. The summed E-state index contributed by atoms with van der Waals surface area (Å²) >= 11 is 1.69. The van der Waals surface area contributed by atoms with Crippen molar-refractivity contribution in [1.29, 1.82) is 0 Å². The first-order chi connectivity index (χ1) is 19.8. The number of para-hydroxylation sites is 2. The zero-order chi connectivity index (χ0) is 26.5. The summed E-state index contributed by atoms with van der Waals surface area (Å²) in [6.45, 7) is 0. The van der Waals surface area contributed by atoms with E-state index in [0.29, 0.717) is 0 Å². The van der Waals surface area contributed by atoms with E-state index in [1.165, 1.54) is 0 Å².